The van der Waals surface area contributed by atoms with Crippen LogP contribution in [0.5, 0.6) is 0 Å². The molecule has 0 radical (unpaired) electrons. The molecule has 2 heterocycles. The highest BCUT2D eigenvalue weighted by Crippen LogP contribution is 2.25. The van der Waals surface area contributed by atoms with Gasteiger partial charge >= 0.3 is 0 Å². The number of hydrogen-bond donors (Lipinski definition) is 0. The molecular weight excluding hydrogens is 214 g/mol. The molecule has 0 aromatic carbocycles. The van der Waals surface area contributed by atoms with E-state index in [1.807, 2.05) is 13.0 Å². The van der Waals surface area contributed by atoms with Crippen LogP contribution in [0.15, 0.2) is 6.07 Å². The number of likely N-dealkylation sites (tertiary alicyclic amines) is 1. The second kappa shape index (κ2) is 4.92. The molecule has 0 amide bonds. The number of nitrogens with zero attached hydrogens (tertiary/aromatic N) is 3. The van der Waals surface area contributed by atoms with Gasteiger partial charge < -0.3 is 4.90 Å². The number of ketones is 1. The quantitative estimate of drug-likeness (QED) is 0.731. The van der Waals surface area contributed by atoms with Crippen LogP contribution in [0.2, 0.25) is 0 Å². The van der Waals surface area contributed by atoms with Crippen molar-refractivity contribution in [2.45, 2.75) is 32.6 Å². The first kappa shape index (κ1) is 12.2. The van der Waals surface area contributed by atoms with Crippen molar-refractivity contribution >= 4 is 5.78 Å². The predicted molar refractivity (Wildman–Crippen MR) is 66.2 cm³/mol. The second-order valence-corrected chi connectivity index (χ2v) is 4.92. The molecule has 1 saturated heterocycles. The molecule has 4 heteroatoms. The summed E-state index contributed by atoms with van der Waals surface area (Å²) < 4.78 is 0. The summed E-state index contributed by atoms with van der Waals surface area (Å²) in [5, 5.41) is 0. The van der Waals surface area contributed by atoms with Crippen molar-refractivity contribution in [3.05, 3.63) is 23.3 Å². The minimum absolute atomic E-state index is 0.0564. The fraction of sp³-hybridized carbons (Fsp3) is 0.615. The number of aromatic nitrogens is 2. The van der Waals surface area contributed by atoms with Crippen molar-refractivity contribution in [1.82, 2.24) is 14.9 Å². The zero-order valence-electron chi connectivity index (χ0n) is 10.7. The van der Waals surface area contributed by atoms with E-state index < -0.39 is 0 Å². The van der Waals surface area contributed by atoms with Gasteiger partial charge in [0.25, 0.3) is 0 Å². The number of likely N-dealkylation sites (N-methyl/N-ethyl adjacent to an activating group) is 1. The molecule has 1 aromatic heterocycles. The van der Waals surface area contributed by atoms with Crippen molar-refractivity contribution in [3.63, 3.8) is 0 Å². The molecule has 0 bridgehead atoms. The van der Waals surface area contributed by atoms with Crippen LogP contribution in [0.25, 0.3) is 0 Å². The average molecular weight is 233 g/mol. The molecule has 2 rings (SSSR count). The van der Waals surface area contributed by atoms with Crippen molar-refractivity contribution in [3.8, 4) is 0 Å². The van der Waals surface area contributed by atoms with Gasteiger partial charge in [-0.15, -0.1) is 0 Å². The maximum atomic E-state index is 11.4. The summed E-state index contributed by atoms with van der Waals surface area (Å²) >= 11 is 0. The summed E-state index contributed by atoms with van der Waals surface area (Å²) in [5.41, 5.74) is 1.91. The monoisotopic (exact) mass is 233 g/mol. The summed E-state index contributed by atoms with van der Waals surface area (Å²) in [6.45, 7) is 5.61. The molecule has 1 aliphatic rings. The van der Waals surface area contributed by atoms with Crippen molar-refractivity contribution in [2.75, 3.05) is 20.1 Å². The van der Waals surface area contributed by atoms with Gasteiger partial charge in [-0.2, -0.15) is 0 Å². The number of carbonyl (C=O) groups is 1. The molecule has 1 atom stereocenters. The van der Waals surface area contributed by atoms with Crippen LogP contribution in [-0.4, -0.2) is 40.8 Å². The van der Waals surface area contributed by atoms with Crippen molar-refractivity contribution in [1.29, 1.82) is 0 Å². The normalized spacial score (nSPS) is 21.5. The lowest BCUT2D eigenvalue weighted by atomic mass is 9.94. The smallest absolute Gasteiger partial charge is 0.196 e. The van der Waals surface area contributed by atoms with E-state index in [0.29, 0.717) is 11.7 Å². The Kier molecular flexibility index (Phi) is 3.52. The number of piperidine rings is 1. The Balaban J connectivity index is 2.28. The number of hydrogen-bond acceptors (Lipinski definition) is 4. The van der Waals surface area contributed by atoms with Crippen LogP contribution >= 0.6 is 0 Å². The van der Waals surface area contributed by atoms with Gasteiger partial charge in [-0.05, 0) is 39.4 Å². The van der Waals surface area contributed by atoms with Gasteiger partial charge in [-0.25, -0.2) is 9.97 Å². The summed E-state index contributed by atoms with van der Waals surface area (Å²) in [7, 11) is 2.13. The average Bonchev–Trinajstić information content (AvgIpc) is 2.28. The maximum Gasteiger partial charge on any atom is 0.196 e. The lowest BCUT2D eigenvalue weighted by Gasteiger charge is -2.29. The van der Waals surface area contributed by atoms with Crippen molar-refractivity contribution in [2.24, 2.45) is 0 Å². The van der Waals surface area contributed by atoms with Gasteiger partial charge in [0.05, 0.1) is 0 Å². The third-order valence-electron chi connectivity index (χ3n) is 3.23. The Morgan fingerprint density at radius 2 is 2.24 bits per heavy atom. The molecule has 0 spiro atoms. The van der Waals surface area contributed by atoms with Crippen LogP contribution in [0, 0.1) is 6.92 Å². The van der Waals surface area contributed by atoms with Gasteiger partial charge in [0.15, 0.2) is 11.6 Å². The van der Waals surface area contributed by atoms with Gasteiger partial charge in [-0.1, -0.05) is 0 Å². The van der Waals surface area contributed by atoms with E-state index in [1.165, 1.54) is 13.3 Å². The molecule has 92 valence electrons. The predicted octanol–water partition coefficient (Wildman–Crippen LogP) is 1.80. The molecule has 4 nitrogen and oxygen atoms in total. The molecular formula is C13H19N3O. The fourth-order valence-corrected chi connectivity index (χ4v) is 2.37. The minimum Gasteiger partial charge on any atom is -0.306 e. The lowest BCUT2D eigenvalue weighted by molar-refractivity contribution is 0.100. The van der Waals surface area contributed by atoms with E-state index in [0.717, 1.165) is 30.9 Å². The highest BCUT2D eigenvalue weighted by Gasteiger charge is 2.21. The highest BCUT2D eigenvalue weighted by atomic mass is 16.1. The van der Waals surface area contributed by atoms with E-state index in [-0.39, 0.29) is 5.78 Å². The Morgan fingerprint density at radius 1 is 1.47 bits per heavy atom. The third kappa shape index (κ3) is 2.88. The number of carbonyl (C=O) groups excluding carboxylic acids is 1. The summed E-state index contributed by atoms with van der Waals surface area (Å²) in [6.07, 6.45) is 2.34. The fourth-order valence-electron chi connectivity index (χ4n) is 2.37. The van der Waals surface area contributed by atoms with Crippen LogP contribution in [0.3, 0.4) is 0 Å². The second-order valence-electron chi connectivity index (χ2n) is 4.92. The van der Waals surface area contributed by atoms with Crippen molar-refractivity contribution < 1.29 is 4.79 Å². The molecule has 17 heavy (non-hydrogen) atoms. The van der Waals surface area contributed by atoms with E-state index in [4.69, 9.17) is 0 Å². The Bertz CT molecular complexity index is 431. The Labute approximate surface area is 102 Å². The SMILES string of the molecule is CC(=O)c1nc(C)cc(C2CCCN(C)C2)n1. The zero-order chi connectivity index (χ0) is 12.4. The van der Waals surface area contributed by atoms with Gasteiger partial charge in [0.1, 0.15) is 0 Å². The van der Waals surface area contributed by atoms with E-state index in [1.54, 1.807) is 0 Å². The highest BCUT2D eigenvalue weighted by molar-refractivity contribution is 5.90. The standard InChI is InChI=1S/C13H19N3O/c1-9-7-12(15-13(14-9)10(2)17)11-5-4-6-16(3)8-11/h7,11H,4-6,8H2,1-3H3. The van der Waals surface area contributed by atoms with Crippen LogP contribution < -0.4 is 0 Å². The number of rotatable bonds is 2. The first-order valence-corrected chi connectivity index (χ1v) is 6.11. The topological polar surface area (TPSA) is 46.1 Å². The molecule has 0 N–H and O–H groups in total. The summed E-state index contributed by atoms with van der Waals surface area (Å²) in [6, 6.07) is 2.01. The Morgan fingerprint density at radius 3 is 2.88 bits per heavy atom. The van der Waals surface area contributed by atoms with E-state index in [9.17, 15) is 4.79 Å². The third-order valence-corrected chi connectivity index (χ3v) is 3.23. The van der Waals surface area contributed by atoms with Crippen LogP contribution in [-0.2, 0) is 0 Å². The minimum atomic E-state index is -0.0564. The van der Waals surface area contributed by atoms with Gasteiger partial charge in [0, 0.05) is 30.8 Å². The lowest BCUT2D eigenvalue weighted by Crippen LogP contribution is -2.31. The van der Waals surface area contributed by atoms with E-state index >= 15 is 0 Å². The first-order chi connectivity index (χ1) is 8.06. The molecule has 0 aliphatic carbocycles. The molecule has 1 unspecified atom stereocenters. The molecule has 1 fully saturated rings. The first-order valence-electron chi connectivity index (χ1n) is 6.11. The number of aryl methyl sites for hydroxylation is 1. The van der Waals surface area contributed by atoms with Gasteiger partial charge in [0.2, 0.25) is 0 Å². The largest absolute Gasteiger partial charge is 0.306 e. The van der Waals surface area contributed by atoms with Crippen LogP contribution in [0.1, 0.15) is 47.7 Å². The van der Waals surface area contributed by atoms with Crippen LogP contribution in [0.4, 0.5) is 0 Å². The zero-order valence-corrected chi connectivity index (χ0v) is 10.7. The molecule has 0 saturated carbocycles. The van der Waals surface area contributed by atoms with Gasteiger partial charge in [-0.3, -0.25) is 4.79 Å². The summed E-state index contributed by atoms with van der Waals surface area (Å²) in [5.74, 6) is 0.737. The Hall–Kier alpha value is -1.29. The number of Topliss-reactive ketones (excluding diaryl/α,β-unsaturated/α-hetero) is 1. The summed E-state index contributed by atoms with van der Waals surface area (Å²) in [4.78, 5) is 22.3. The molecule has 1 aromatic rings. The van der Waals surface area contributed by atoms with E-state index in [2.05, 4.69) is 21.9 Å². The molecule has 1 aliphatic heterocycles. The maximum absolute atomic E-state index is 11.4.